The molecule has 3 aromatic rings. The molecule has 1 aromatic heterocycles. The molecule has 32 heavy (non-hydrogen) atoms. The number of rotatable bonds is 3. The fraction of sp³-hybridized carbons (Fsp3) is 0.385. The Hall–Kier alpha value is -3.28. The lowest BCUT2D eigenvalue weighted by Gasteiger charge is -2.33. The van der Waals surface area contributed by atoms with Gasteiger partial charge in [-0.1, -0.05) is 24.6 Å². The Kier molecular flexibility index (Phi) is 5.49. The third-order valence-corrected chi connectivity index (χ3v) is 6.68. The lowest BCUT2D eigenvalue weighted by molar-refractivity contribution is 0.352. The second-order valence-electron chi connectivity index (χ2n) is 8.78. The molecule has 0 N–H and O–H groups in total. The van der Waals surface area contributed by atoms with Crippen LogP contribution in [0, 0.1) is 20.8 Å². The van der Waals surface area contributed by atoms with Crippen molar-refractivity contribution in [2.45, 2.75) is 46.6 Å². The van der Waals surface area contributed by atoms with Crippen molar-refractivity contribution in [3.05, 3.63) is 68.6 Å². The molecule has 4 rings (SSSR count). The van der Waals surface area contributed by atoms with Crippen molar-refractivity contribution in [2.75, 3.05) is 14.2 Å². The summed E-state index contributed by atoms with van der Waals surface area (Å²) in [7, 11) is 5.05. The van der Waals surface area contributed by atoms with Gasteiger partial charge in [-0.25, -0.2) is 9.79 Å². The van der Waals surface area contributed by atoms with E-state index >= 15 is 0 Å². The SMILES string of the molecule is COc1cc2c(cc1OC)[C@H](C)[C@H](C)n1c-2cc(=Nc2c(C)cc(C)cc2C)n(C)c1=O. The van der Waals surface area contributed by atoms with Gasteiger partial charge in [0.1, 0.15) is 5.49 Å². The largest absolute Gasteiger partial charge is 0.493 e. The van der Waals surface area contributed by atoms with Crippen LogP contribution >= 0.6 is 0 Å². The second-order valence-corrected chi connectivity index (χ2v) is 8.78. The van der Waals surface area contributed by atoms with Gasteiger partial charge in [0.15, 0.2) is 11.5 Å². The second kappa shape index (κ2) is 8.01. The zero-order valence-corrected chi connectivity index (χ0v) is 20.1. The smallest absolute Gasteiger partial charge is 0.330 e. The molecule has 0 aliphatic carbocycles. The summed E-state index contributed by atoms with van der Waals surface area (Å²) in [6.45, 7) is 10.4. The number of nitrogens with zero attached hydrogens (tertiary/aromatic N) is 3. The first-order chi connectivity index (χ1) is 15.2. The lowest BCUT2D eigenvalue weighted by Crippen LogP contribution is -2.42. The quantitative estimate of drug-likeness (QED) is 0.601. The van der Waals surface area contributed by atoms with Gasteiger partial charge in [0.25, 0.3) is 0 Å². The first kappa shape index (κ1) is 21.9. The summed E-state index contributed by atoms with van der Waals surface area (Å²) in [6, 6.07) is 10.2. The van der Waals surface area contributed by atoms with Crippen molar-refractivity contribution in [3.8, 4) is 22.8 Å². The van der Waals surface area contributed by atoms with Gasteiger partial charge in [0, 0.05) is 30.6 Å². The van der Waals surface area contributed by atoms with Gasteiger partial charge in [-0.05, 0) is 56.5 Å². The molecule has 6 heteroatoms. The highest BCUT2D eigenvalue weighted by Crippen LogP contribution is 2.45. The van der Waals surface area contributed by atoms with Gasteiger partial charge in [-0.3, -0.25) is 9.13 Å². The van der Waals surface area contributed by atoms with Gasteiger partial charge >= 0.3 is 5.69 Å². The van der Waals surface area contributed by atoms with Crippen molar-refractivity contribution in [2.24, 2.45) is 12.0 Å². The Morgan fingerprint density at radius 1 is 0.906 bits per heavy atom. The summed E-state index contributed by atoms with van der Waals surface area (Å²) < 4.78 is 14.6. The number of aromatic nitrogens is 2. The molecule has 6 nitrogen and oxygen atoms in total. The van der Waals surface area contributed by atoms with Gasteiger partial charge in [0.05, 0.1) is 25.6 Å². The molecule has 2 aromatic carbocycles. The molecular formula is C26H31N3O3. The number of ether oxygens (including phenoxy) is 2. The molecule has 0 spiro atoms. The molecule has 0 fully saturated rings. The van der Waals surface area contributed by atoms with Crippen LogP contribution < -0.4 is 20.7 Å². The Bertz CT molecular complexity index is 1320. The fourth-order valence-corrected chi connectivity index (χ4v) is 4.80. The molecule has 2 atom stereocenters. The minimum absolute atomic E-state index is 0.00815. The zero-order chi connectivity index (χ0) is 23.3. The molecule has 0 saturated carbocycles. The van der Waals surface area contributed by atoms with Crippen LogP contribution in [0.5, 0.6) is 11.5 Å². The predicted molar refractivity (Wildman–Crippen MR) is 127 cm³/mol. The minimum atomic E-state index is -0.0801. The number of fused-ring (bicyclic) bond motifs is 3. The van der Waals surface area contributed by atoms with Crippen LogP contribution in [0.15, 0.2) is 40.1 Å². The van der Waals surface area contributed by atoms with Crippen molar-refractivity contribution in [3.63, 3.8) is 0 Å². The Labute approximate surface area is 188 Å². The summed E-state index contributed by atoms with van der Waals surface area (Å²) in [5, 5.41) is 0. The van der Waals surface area contributed by atoms with Gasteiger partial charge in [-0.2, -0.15) is 0 Å². The highest BCUT2D eigenvalue weighted by atomic mass is 16.5. The third-order valence-electron chi connectivity index (χ3n) is 6.68. The van der Waals surface area contributed by atoms with Crippen LogP contribution in [0.3, 0.4) is 0 Å². The van der Waals surface area contributed by atoms with E-state index in [0.717, 1.165) is 33.6 Å². The Balaban J connectivity index is 2.06. The number of hydrogen-bond donors (Lipinski definition) is 0. The zero-order valence-electron chi connectivity index (χ0n) is 20.1. The molecule has 168 valence electrons. The molecule has 1 aliphatic heterocycles. The van der Waals surface area contributed by atoms with Crippen LogP contribution in [0.1, 0.15) is 48.1 Å². The van der Waals surface area contributed by atoms with E-state index in [1.54, 1.807) is 25.8 Å². The van der Waals surface area contributed by atoms with Crippen LogP contribution in [-0.4, -0.2) is 23.4 Å². The van der Waals surface area contributed by atoms with E-state index in [1.165, 1.54) is 5.56 Å². The van der Waals surface area contributed by atoms with Crippen LogP contribution in [0.25, 0.3) is 11.3 Å². The van der Waals surface area contributed by atoms with Gasteiger partial charge < -0.3 is 9.47 Å². The maximum absolute atomic E-state index is 13.5. The average Bonchev–Trinajstić information content (AvgIpc) is 2.76. The predicted octanol–water partition coefficient (Wildman–Crippen LogP) is 4.71. The average molecular weight is 434 g/mol. The molecule has 0 radical (unpaired) electrons. The van der Waals surface area contributed by atoms with Crippen molar-refractivity contribution >= 4 is 5.69 Å². The molecule has 0 bridgehead atoms. The van der Waals surface area contributed by atoms with Crippen molar-refractivity contribution in [1.82, 2.24) is 9.13 Å². The lowest BCUT2D eigenvalue weighted by atomic mass is 9.85. The molecular weight excluding hydrogens is 402 g/mol. The van der Waals surface area contributed by atoms with E-state index in [2.05, 4.69) is 46.8 Å². The van der Waals surface area contributed by atoms with E-state index in [9.17, 15) is 4.79 Å². The maximum atomic E-state index is 13.5. The molecule has 0 saturated heterocycles. The highest BCUT2D eigenvalue weighted by molar-refractivity contribution is 5.71. The van der Waals surface area contributed by atoms with E-state index in [4.69, 9.17) is 14.5 Å². The minimum Gasteiger partial charge on any atom is -0.493 e. The van der Waals surface area contributed by atoms with E-state index in [0.29, 0.717) is 17.0 Å². The van der Waals surface area contributed by atoms with Crippen molar-refractivity contribution < 1.29 is 9.47 Å². The summed E-state index contributed by atoms with van der Waals surface area (Å²) in [4.78, 5) is 18.4. The fourth-order valence-electron chi connectivity index (χ4n) is 4.80. The number of benzene rings is 2. The number of hydrogen-bond acceptors (Lipinski definition) is 4. The number of methoxy groups -OCH3 is 2. The van der Waals surface area contributed by atoms with Crippen molar-refractivity contribution in [1.29, 1.82) is 0 Å². The molecule has 1 aliphatic rings. The Morgan fingerprint density at radius 2 is 1.50 bits per heavy atom. The third kappa shape index (κ3) is 3.34. The summed E-state index contributed by atoms with van der Waals surface area (Å²) in [5.41, 5.74) is 7.78. The van der Waals surface area contributed by atoms with E-state index in [1.807, 2.05) is 22.8 Å². The van der Waals surface area contributed by atoms with Gasteiger partial charge in [-0.15, -0.1) is 0 Å². The first-order valence-corrected chi connectivity index (χ1v) is 10.9. The van der Waals surface area contributed by atoms with E-state index in [-0.39, 0.29) is 17.6 Å². The monoisotopic (exact) mass is 433 g/mol. The normalized spacial score (nSPS) is 17.7. The van der Waals surface area contributed by atoms with Crippen LogP contribution in [-0.2, 0) is 7.05 Å². The standard InChI is InChI=1S/C26H31N3O3/c1-14-9-15(2)25(16(3)10-14)27-24-13-21-20-12-23(32-8)22(31-7)11-19(20)17(4)18(5)29(21)26(30)28(24)6/h9-13,17-18H,1-8H3/t17-,18+/m1/s1. The molecule has 2 heterocycles. The van der Waals surface area contributed by atoms with Crippen LogP contribution in [0.2, 0.25) is 0 Å². The first-order valence-electron chi connectivity index (χ1n) is 10.9. The van der Waals surface area contributed by atoms with E-state index < -0.39 is 0 Å². The van der Waals surface area contributed by atoms with Crippen LogP contribution in [0.4, 0.5) is 5.69 Å². The Morgan fingerprint density at radius 3 is 2.09 bits per heavy atom. The molecule has 0 unspecified atom stereocenters. The number of aryl methyl sites for hydroxylation is 3. The molecule has 0 amide bonds. The topological polar surface area (TPSA) is 57.8 Å². The maximum Gasteiger partial charge on any atom is 0.330 e. The summed E-state index contributed by atoms with van der Waals surface area (Å²) in [6.07, 6.45) is 0. The highest BCUT2D eigenvalue weighted by Gasteiger charge is 2.31. The summed E-state index contributed by atoms with van der Waals surface area (Å²) in [5.74, 6) is 1.47. The summed E-state index contributed by atoms with van der Waals surface area (Å²) >= 11 is 0. The van der Waals surface area contributed by atoms with Gasteiger partial charge in [0.2, 0.25) is 0 Å².